The molecule has 420 valence electrons. The molecule has 0 heterocycles. The SMILES string of the molecule is CCCCCCCCCCCCOCCOCCOCCOCCOC(=O)C(C)(C)CC(CC(CC(C#N)CC(C)(CC)c1ccccc1)C(=O)OCc1ccccc1)C(=O)OCCCCCCCCCCCC. The topological polar surface area (TPSA) is 140 Å². The molecule has 11 heteroatoms. The molecule has 4 unspecified atom stereocenters. The number of unbranched alkanes of at least 4 members (excludes halogenated alkanes) is 18. The summed E-state index contributed by atoms with van der Waals surface area (Å²) in [7, 11) is 0. The van der Waals surface area contributed by atoms with Crippen LogP contribution in [0.25, 0.3) is 0 Å². The van der Waals surface area contributed by atoms with E-state index >= 15 is 0 Å². The van der Waals surface area contributed by atoms with E-state index in [4.69, 9.17) is 33.2 Å². The molecule has 2 aromatic carbocycles. The second-order valence-electron chi connectivity index (χ2n) is 21.5. The van der Waals surface area contributed by atoms with E-state index in [0.29, 0.717) is 46.1 Å². The molecule has 11 nitrogen and oxygen atoms in total. The molecule has 74 heavy (non-hydrogen) atoms. The summed E-state index contributed by atoms with van der Waals surface area (Å²) in [6, 6.07) is 22.1. The number of rotatable bonds is 49. The molecule has 2 aromatic rings. The Hall–Kier alpha value is -3.82. The van der Waals surface area contributed by atoms with Crippen LogP contribution in [0.3, 0.4) is 0 Å². The third kappa shape index (κ3) is 31.9. The molecule has 0 aliphatic rings. The molecular formula is C63H103NO10. The van der Waals surface area contributed by atoms with Crippen LogP contribution in [0, 0.1) is 34.5 Å². The monoisotopic (exact) mass is 1030 g/mol. The lowest BCUT2D eigenvalue weighted by molar-refractivity contribution is -0.160. The van der Waals surface area contributed by atoms with E-state index in [9.17, 15) is 19.6 Å². The van der Waals surface area contributed by atoms with E-state index in [-0.39, 0.29) is 51.1 Å². The lowest BCUT2D eigenvalue weighted by atomic mass is 9.71. The van der Waals surface area contributed by atoms with Crippen LogP contribution >= 0.6 is 0 Å². The summed E-state index contributed by atoms with van der Waals surface area (Å²) in [5.41, 5.74) is 0.545. The third-order valence-corrected chi connectivity index (χ3v) is 14.4. The maximum Gasteiger partial charge on any atom is 0.311 e. The first-order valence-electron chi connectivity index (χ1n) is 29.3. The molecule has 0 fully saturated rings. The molecule has 0 N–H and O–H groups in total. The smallest absolute Gasteiger partial charge is 0.311 e. The number of esters is 3. The van der Waals surface area contributed by atoms with Crippen molar-refractivity contribution in [3.8, 4) is 6.07 Å². The summed E-state index contributed by atoms with van der Waals surface area (Å²) < 4.78 is 40.3. The largest absolute Gasteiger partial charge is 0.465 e. The molecule has 4 atom stereocenters. The van der Waals surface area contributed by atoms with Crippen LogP contribution in [-0.2, 0) is 59.6 Å². The zero-order valence-corrected chi connectivity index (χ0v) is 47.5. The van der Waals surface area contributed by atoms with E-state index < -0.39 is 41.1 Å². The van der Waals surface area contributed by atoms with Crippen molar-refractivity contribution in [2.75, 3.05) is 66.1 Å². The fraction of sp³-hybridized carbons (Fsp3) is 0.746. The molecule has 0 aliphatic carbocycles. The van der Waals surface area contributed by atoms with Gasteiger partial charge in [-0.25, -0.2) is 0 Å². The molecule has 0 aromatic heterocycles. The van der Waals surface area contributed by atoms with Crippen LogP contribution in [0.2, 0.25) is 0 Å². The first kappa shape index (κ1) is 66.3. The molecule has 0 spiro atoms. The normalized spacial score (nSPS) is 13.6. The van der Waals surface area contributed by atoms with Gasteiger partial charge in [-0.2, -0.15) is 5.26 Å². The molecule has 2 rings (SSSR count). The number of hydrogen-bond acceptors (Lipinski definition) is 11. The molecule has 0 radical (unpaired) electrons. The first-order chi connectivity index (χ1) is 36.0. The first-order valence-corrected chi connectivity index (χ1v) is 29.3. The van der Waals surface area contributed by atoms with Gasteiger partial charge in [-0.15, -0.1) is 0 Å². The van der Waals surface area contributed by atoms with Crippen LogP contribution in [0.15, 0.2) is 60.7 Å². The summed E-state index contributed by atoms with van der Waals surface area (Å²) in [5.74, 6) is -3.56. The van der Waals surface area contributed by atoms with Crippen molar-refractivity contribution >= 4 is 17.9 Å². The van der Waals surface area contributed by atoms with E-state index in [2.05, 4.69) is 45.9 Å². The van der Waals surface area contributed by atoms with E-state index in [1.54, 1.807) is 13.8 Å². The summed E-state index contributed by atoms with van der Waals surface area (Å²) in [4.78, 5) is 42.1. The van der Waals surface area contributed by atoms with Crippen molar-refractivity contribution in [2.24, 2.45) is 23.2 Å². The van der Waals surface area contributed by atoms with Crippen molar-refractivity contribution in [1.29, 1.82) is 5.26 Å². The average molecular weight is 1030 g/mol. The van der Waals surface area contributed by atoms with Crippen LogP contribution in [0.5, 0.6) is 0 Å². The lowest BCUT2D eigenvalue weighted by Gasteiger charge is -2.33. The standard InChI is InChI=1S/C63H103NO10/c1-7-10-12-14-16-18-20-22-24-32-38-68-40-41-69-42-43-70-44-45-71-46-47-73-61(67)62(4,5)51-57(60(66)72-39-33-25-23-21-19-17-15-13-11-8-2)49-56(59(65)74-53-54-34-28-26-29-35-54)48-55(52-64)50-63(6,9-3)58-36-30-27-31-37-58/h26-31,34-37,55-57H,7-25,32-33,38-51,53H2,1-6H3. The summed E-state index contributed by atoms with van der Waals surface area (Å²) >= 11 is 0. The third-order valence-electron chi connectivity index (χ3n) is 14.4. The van der Waals surface area contributed by atoms with Gasteiger partial charge in [0.15, 0.2) is 0 Å². The Kier molecular flexibility index (Phi) is 38.8. The Balaban J connectivity index is 1.94. The van der Waals surface area contributed by atoms with E-state index in [0.717, 1.165) is 56.3 Å². The molecule has 0 saturated carbocycles. The highest BCUT2D eigenvalue weighted by atomic mass is 16.6. The maximum atomic E-state index is 14.2. The van der Waals surface area contributed by atoms with Gasteiger partial charge >= 0.3 is 17.9 Å². The minimum Gasteiger partial charge on any atom is -0.465 e. The quantitative estimate of drug-likeness (QED) is 0.0355. The average Bonchev–Trinajstić information content (AvgIpc) is 3.41. The van der Waals surface area contributed by atoms with Gasteiger partial charge in [0.1, 0.15) is 13.2 Å². The second kappa shape index (κ2) is 43.3. The number of carbonyl (C=O) groups excluding carboxylic acids is 3. The van der Waals surface area contributed by atoms with Crippen molar-refractivity contribution in [1.82, 2.24) is 0 Å². The lowest BCUT2D eigenvalue weighted by Crippen LogP contribution is -2.35. The Morgan fingerprint density at radius 2 is 0.905 bits per heavy atom. The van der Waals surface area contributed by atoms with Crippen LogP contribution in [0.4, 0.5) is 0 Å². The number of ether oxygens (including phenoxy) is 7. The van der Waals surface area contributed by atoms with Gasteiger partial charge in [-0.3, -0.25) is 14.4 Å². The van der Waals surface area contributed by atoms with E-state index in [1.165, 1.54) is 96.3 Å². The van der Waals surface area contributed by atoms with Crippen molar-refractivity contribution in [3.63, 3.8) is 0 Å². The Morgan fingerprint density at radius 1 is 0.473 bits per heavy atom. The number of carbonyl (C=O) groups is 3. The minimum atomic E-state index is -1.11. The molecular weight excluding hydrogens is 931 g/mol. The number of benzene rings is 2. The maximum absolute atomic E-state index is 14.2. The highest BCUT2D eigenvalue weighted by molar-refractivity contribution is 5.79. The van der Waals surface area contributed by atoms with Gasteiger partial charge < -0.3 is 33.2 Å². The van der Waals surface area contributed by atoms with Crippen LogP contribution in [-0.4, -0.2) is 84.0 Å². The summed E-state index contributed by atoms with van der Waals surface area (Å²) in [6.07, 6.45) is 26.3. The zero-order valence-electron chi connectivity index (χ0n) is 47.5. The highest BCUT2D eigenvalue weighted by Gasteiger charge is 2.40. The highest BCUT2D eigenvalue weighted by Crippen LogP contribution is 2.39. The predicted molar refractivity (Wildman–Crippen MR) is 298 cm³/mol. The number of nitrogens with zero attached hydrogens (tertiary/aromatic N) is 1. The minimum absolute atomic E-state index is 0.0360. The number of nitriles is 1. The fourth-order valence-corrected chi connectivity index (χ4v) is 9.54. The van der Waals surface area contributed by atoms with Gasteiger partial charge in [0.05, 0.1) is 76.2 Å². The summed E-state index contributed by atoms with van der Waals surface area (Å²) in [5, 5.41) is 10.6. The zero-order chi connectivity index (χ0) is 53.8. The van der Waals surface area contributed by atoms with Gasteiger partial charge in [0.25, 0.3) is 0 Å². The van der Waals surface area contributed by atoms with Gasteiger partial charge in [-0.1, -0.05) is 204 Å². The van der Waals surface area contributed by atoms with Gasteiger partial charge in [-0.05, 0) is 75.3 Å². The van der Waals surface area contributed by atoms with Crippen LogP contribution in [0.1, 0.15) is 213 Å². The molecule has 0 bridgehead atoms. The number of hydrogen-bond donors (Lipinski definition) is 0. The Labute approximate surface area is 450 Å². The van der Waals surface area contributed by atoms with Crippen molar-refractivity contribution < 1.29 is 47.5 Å². The predicted octanol–water partition coefficient (Wildman–Crippen LogP) is 15.1. The molecule has 0 saturated heterocycles. The van der Waals surface area contributed by atoms with E-state index in [1.807, 2.05) is 48.5 Å². The molecule has 0 aliphatic heterocycles. The fourth-order valence-electron chi connectivity index (χ4n) is 9.54. The van der Waals surface area contributed by atoms with Gasteiger partial charge in [0, 0.05) is 12.5 Å². The van der Waals surface area contributed by atoms with Crippen molar-refractivity contribution in [2.45, 2.75) is 214 Å². The second-order valence-corrected chi connectivity index (χ2v) is 21.5. The molecule has 0 amide bonds. The van der Waals surface area contributed by atoms with Crippen LogP contribution < -0.4 is 0 Å². The van der Waals surface area contributed by atoms with Crippen molar-refractivity contribution in [3.05, 3.63) is 71.8 Å². The Morgan fingerprint density at radius 3 is 1.39 bits per heavy atom. The van der Waals surface area contributed by atoms with Gasteiger partial charge in [0.2, 0.25) is 0 Å². The Bertz CT molecular complexity index is 1720. The summed E-state index contributed by atoms with van der Waals surface area (Å²) in [6.45, 7) is 16.4.